The fourth-order valence-electron chi connectivity index (χ4n) is 6.60. The molecule has 3 saturated carbocycles. The molecule has 0 amide bonds. The molecule has 0 heterocycles. The maximum absolute atomic E-state index is 11.5. The molecule has 0 radical (unpaired) electrons. The Morgan fingerprint density at radius 3 is 2.83 bits per heavy atom. The number of aliphatic hydroxyl groups is 1. The van der Waals surface area contributed by atoms with Crippen molar-refractivity contribution in [3.8, 4) is 0 Å². The van der Waals surface area contributed by atoms with Crippen molar-refractivity contribution in [3.63, 3.8) is 0 Å². The van der Waals surface area contributed by atoms with Gasteiger partial charge in [0.2, 0.25) is 0 Å². The van der Waals surface area contributed by atoms with Crippen LogP contribution >= 0.6 is 0 Å². The summed E-state index contributed by atoms with van der Waals surface area (Å²) in [6, 6.07) is 0. The molecule has 0 bridgehead atoms. The molecule has 0 aromatic carbocycles. The van der Waals surface area contributed by atoms with Gasteiger partial charge in [0, 0.05) is 12.3 Å². The van der Waals surface area contributed by atoms with Crippen molar-refractivity contribution in [3.05, 3.63) is 11.6 Å². The second-order valence-electron chi connectivity index (χ2n) is 8.71. The van der Waals surface area contributed by atoms with Crippen LogP contribution in [0.3, 0.4) is 0 Å². The monoisotopic (exact) mass is 318 g/mol. The van der Waals surface area contributed by atoms with Gasteiger partial charge in [0.05, 0.1) is 6.10 Å². The minimum atomic E-state index is -0.119. The van der Waals surface area contributed by atoms with E-state index in [2.05, 4.69) is 13.0 Å². The van der Waals surface area contributed by atoms with Crippen molar-refractivity contribution >= 4 is 5.97 Å². The Morgan fingerprint density at radius 2 is 2.04 bits per heavy atom. The lowest BCUT2D eigenvalue weighted by Gasteiger charge is -2.53. The van der Waals surface area contributed by atoms with Crippen molar-refractivity contribution in [2.75, 3.05) is 0 Å². The van der Waals surface area contributed by atoms with Crippen molar-refractivity contribution in [1.29, 1.82) is 0 Å². The first-order valence-electron chi connectivity index (χ1n) is 9.53. The molecule has 4 rings (SSSR count). The van der Waals surface area contributed by atoms with Crippen molar-refractivity contribution in [2.45, 2.75) is 77.4 Å². The Kier molecular flexibility index (Phi) is 3.83. The normalized spacial score (nSPS) is 48.7. The van der Waals surface area contributed by atoms with Crippen molar-refractivity contribution in [2.24, 2.45) is 29.1 Å². The quantitative estimate of drug-likeness (QED) is 0.590. The fourth-order valence-corrected chi connectivity index (χ4v) is 6.60. The van der Waals surface area contributed by atoms with E-state index in [4.69, 9.17) is 4.74 Å². The number of fused-ring (bicyclic) bond motifs is 5. The number of aliphatic hydroxyl groups excluding tert-OH is 1. The van der Waals surface area contributed by atoms with E-state index in [1.807, 2.05) is 0 Å². The Balaban J connectivity index is 1.57. The third kappa shape index (κ3) is 2.47. The van der Waals surface area contributed by atoms with Gasteiger partial charge >= 0.3 is 5.97 Å². The summed E-state index contributed by atoms with van der Waals surface area (Å²) in [7, 11) is 0. The molecule has 3 nitrogen and oxygen atoms in total. The van der Waals surface area contributed by atoms with Gasteiger partial charge in [0.1, 0.15) is 6.10 Å². The topological polar surface area (TPSA) is 46.5 Å². The average Bonchev–Trinajstić information content (AvgIpc) is 2.83. The number of allylic oxidation sites excluding steroid dienone is 1. The molecule has 23 heavy (non-hydrogen) atoms. The molecule has 4 aliphatic carbocycles. The van der Waals surface area contributed by atoms with Gasteiger partial charge in [-0.3, -0.25) is 4.79 Å². The smallest absolute Gasteiger partial charge is 0.302 e. The van der Waals surface area contributed by atoms with Crippen LogP contribution in [-0.2, 0) is 9.53 Å². The number of rotatable bonds is 1. The molecule has 3 unspecified atom stereocenters. The summed E-state index contributed by atoms with van der Waals surface area (Å²) in [5, 5.41) is 9.96. The first-order valence-corrected chi connectivity index (χ1v) is 9.53. The van der Waals surface area contributed by atoms with E-state index in [0.717, 1.165) is 37.0 Å². The summed E-state index contributed by atoms with van der Waals surface area (Å²) < 4.78 is 5.70. The molecule has 3 fully saturated rings. The molecule has 128 valence electrons. The van der Waals surface area contributed by atoms with Crippen LogP contribution in [0.2, 0.25) is 0 Å². The highest BCUT2D eigenvalue weighted by Gasteiger charge is 2.57. The van der Waals surface area contributed by atoms with Gasteiger partial charge in [-0.1, -0.05) is 18.6 Å². The molecule has 3 heteroatoms. The zero-order valence-corrected chi connectivity index (χ0v) is 14.5. The van der Waals surface area contributed by atoms with E-state index in [1.54, 1.807) is 12.5 Å². The minimum Gasteiger partial charge on any atom is -0.462 e. The van der Waals surface area contributed by atoms with Crippen molar-refractivity contribution < 1.29 is 14.6 Å². The van der Waals surface area contributed by atoms with Crippen LogP contribution in [0.4, 0.5) is 0 Å². The summed E-state index contributed by atoms with van der Waals surface area (Å²) in [6.07, 6.45) is 11.4. The molecule has 1 N–H and O–H groups in total. The standard InChI is InChI=1S/C20H30O3/c1-12(21)23-19-8-7-18-17-5-3-13-11-14(22)4-6-15(13)16(17)9-10-20(18,19)2/h3,14-19,22H,4-11H2,1-2H3/t14-,15-,16?,17?,18?,19-,20-/m0/s1. The van der Waals surface area contributed by atoms with Gasteiger partial charge in [0.25, 0.3) is 0 Å². The number of ether oxygens (including phenoxy) is 1. The minimum absolute atomic E-state index is 0.109. The second-order valence-corrected chi connectivity index (χ2v) is 8.71. The van der Waals surface area contributed by atoms with Gasteiger partial charge in [-0.25, -0.2) is 0 Å². The van der Waals surface area contributed by atoms with Gasteiger partial charge < -0.3 is 9.84 Å². The predicted octanol–water partition coefficient (Wildman–Crippen LogP) is 3.85. The average molecular weight is 318 g/mol. The molecule has 0 aliphatic heterocycles. The number of esters is 1. The lowest BCUT2D eigenvalue weighted by atomic mass is 9.53. The van der Waals surface area contributed by atoms with E-state index in [-0.39, 0.29) is 23.6 Å². The third-order valence-electron chi connectivity index (χ3n) is 7.64. The molecular formula is C20H30O3. The van der Waals surface area contributed by atoms with E-state index < -0.39 is 0 Å². The molecule has 4 aliphatic rings. The highest BCUT2D eigenvalue weighted by atomic mass is 16.5. The zero-order chi connectivity index (χ0) is 16.2. The largest absolute Gasteiger partial charge is 0.462 e. The Labute approximate surface area is 139 Å². The van der Waals surface area contributed by atoms with Crippen LogP contribution in [0.25, 0.3) is 0 Å². The maximum Gasteiger partial charge on any atom is 0.302 e. The van der Waals surface area contributed by atoms with E-state index in [1.165, 1.54) is 32.1 Å². The van der Waals surface area contributed by atoms with E-state index in [0.29, 0.717) is 5.92 Å². The molecule has 0 spiro atoms. The van der Waals surface area contributed by atoms with E-state index in [9.17, 15) is 9.90 Å². The molecular weight excluding hydrogens is 288 g/mol. The first kappa shape index (κ1) is 15.7. The highest BCUT2D eigenvalue weighted by Crippen LogP contribution is 2.61. The molecule has 7 atom stereocenters. The lowest BCUT2D eigenvalue weighted by molar-refractivity contribution is -0.155. The highest BCUT2D eigenvalue weighted by molar-refractivity contribution is 5.66. The van der Waals surface area contributed by atoms with Crippen molar-refractivity contribution in [1.82, 2.24) is 0 Å². The number of carbonyl (C=O) groups excluding carboxylic acids is 1. The van der Waals surface area contributed by atoms with Crippen LogP contribution in [0.15, 0.2) is 11.6 Å². The zero-order valence-electron chi connectivity index (χ0n) is 14.5. The summed E-state index contributed by atoms with van der Waals surface area (Å²) in [4.78, 5) is 11.5. The van der Waals surface area contributed by atoms with E-state index >= 15 is 0 Å². The molecule has 0 aromatic rings. The third-order valence-corrected chi connectivity index (χ3v) is 7.64. The summed E-state index contributed by atoms with van der Waals surface area (Å²) in [5.74, 6) is 2.87. The van der Waals surface area contributed by atoms with Crippen LogP contribution < -0.4 is 0 Å². The van der Waals surface area contributed by atoms with Gasteiger partial charge in [0.15, 0.2) is 0 Å². The molecule has 0 aromatic heterocycles. The first-order chi connectivity index (χ1) is 11.0. The summed E-state index contributed by atoms with van der Waals surface area (Å²) in [5.41, 5.74) is 1.73. The number of hydrogen-bond donors (Lipinski definition) is 1. The van der Waals surface area contributed by atoms with Gasteiger partial charge in [-0.05, 0) is 75.0 Å². The summed E-state index contributed by atoms with van der Waals surface area (Å²) in [6.45, 7) is 3.92. The molecule has 0 saturated heterocycles. The van der Waals surface area contributed by atoms with Crippen LogP contribution in [0.5, 0.6) is 0 Å². The number of carbonyl (C=O) groups is 1. The Hall–Kier alpha value is -0.830. The van der Waals surface area contributed by atoms with Crippen LogP contribution in [0.1, 0.15) is 65.2 Å². The Morgan fingerprint density at radius 1 is 1.22 bits per heavy atom. The van der Waals surface area contributed by atoms with Gasteiger partial charge in [-0.2, -0.15) is 0 Å². The SMILES string of the molecule is CC(=O)O[C@H]1CCC2C3CC=C4C[C@@H](O)CC[C@@H]4C3CC[C@@]21C. The van der Waals surface area contributed by atoms with Crippen LogP contribution in [-0.4, -0.2) is 23.3 Å². The van der Waals surface area contributed by atoms with Gasteiger partial charge in [-0.15, -0.1) is 0 Å². The lowest BCUT2D eigenvalue weighted by Crippen LogP contribution is -2.48. The fraction of sp³-hybridized carbons (Fsp3) is 0.850. The number of hydrogen-bond acceptors (Lipinski definition) is 3. The maximum atomic E-state index is 11.5. The second kappa shape index (κ2) is 5.61. The summed E-state index contributed by atoms with van der Waals surface area (Å²) >= 11 is 0. The van der Waals surface area contributed by atoms with Crippen LogP contribution in [0, 0.1) is 29.1 Å². The Bertz CT molecular complexity index is 525. The predicted molar refractivity (Wildman–Crippen MR) is 88.6 cm³/mol.